The molecule has 0 unspecified atom stereocenters. The summed E-state index contributed by atoms with van der Waals surface area (Å²) in [6.07, 6.45) is 0.737. The fraction of sp³-hybridized carbons (Fsp3) is 0.364. The first-order valence-electron chi connectivity index (χ1n) is 14.4. The van der Waals surface area contributed by atoms with E-state index < -0.39 is 24.0 Å². The van der Waals surface area contributed by atoms with E-state index in [4.69, 9.17) is 5.73 Å². The first-order valence-corrected chi connectivity index (χ1v) is 14.4. The molecule has 3 aromatic carbocycles. The molecule has 0 saturated carbocycles. The average molecular weight is 577 g/mol. The van der Waals surface area contributed by atoms with Gasteiger partial charge in [0.2, 0.25) is 5.91 Å². The van der Waals surface area contributed by atoms with Crippen molar-refractivity contribution in [1.82, 2.24) is 15.5 Å². The summed E-state index contributed by atoms with van der Waals surface area (Å²) in [4.78, 5) is 40.7. The summed E-state index contributed by atoms with van der Waals surface area (Å²) >= 11 is 0. The van der Waals surface area contributed by atoms with Crippen LogP contribution in [-0.4, -0.2) is 59.5 Å². The van der Waals surface area contributed by atoms with Crippen molar-refractivity contribution in [3.05, 3.63) is 106 Å². The number of nitrogens with two attached hydrogens (primary N) is 1. The molecule has 0 radical (unpaired) electrons. The zero-order chi connectivity index (χ0) is 30.6. The second kappa shape index (κ2) is 15.8. The number of carbonyl (C=O) groups excluding carboxylic acids is 3. The van der Waals surface area contributed by atoms with Crippen molar-refractivity contribution in [3.8, 4) is 0 Å². The number of amides is 3. The van der Waals surface area contributed by atoms with Gasteiger partial charge in [0.15, 0.2) is 0 Å². The van der Waals surface area contributed by atoms with Gasteiger partial charge in [0.25, 0.3) is 11.8 Å². The van der Waals surface area contributed by atoms with Crippen LogP contribution < -0.4 is 16.4 Å². The first kappa shape index (κ1) is 32.4. The van der Waals surface area contributed by atoms with E-state index in [1.165, 1.54) is 24.3 Å². The number of halogens is 1. The van der Waals surface area contributed by atoms with Crippen molar-refractivity contribution >= 4 is 17.7 Å². The molecule has 0 spiro atoms. The summed E-state index contributed by atoms with van der Waals surface area (Å²) in [7, 11) is 0. The topological polar surface area (TPSA) is 125 Å². The standard InChI is InChI=1S/C33H41FN4O4/c1-4-13-38(14-5-2)33(42)27-18-25(31(35)40)17-26(19-27)32(41)37-29(16-24-11-12-28(34)22(3)15-24)30(39)21-36-20-23-9-7-6-8-10-23/h6-12,15,17-19,29-30,36,39H,4-5,13-14,16,20-21H2,1-3H3,(H2,35,40)(H,37,41)/t29-,30+/m0/s1. The van der Waals surface area contributed by atoms with Crippen molar-refractivity contribution in [2.45, 2.75) is 58.7 Å². The molecule has 0 aliphatic rings. The highest BCUT2D eigenvalue weighted by Crippen LogP contribution is 2.17. The first-order chi connectivity index (χ1) is 20.1. The molecular formula is C33H41FN4O4. The fourth-order valence-corrected chi connectivity index (χ4v) is 4.79. The molecule has 0 bridgehead atoms. The quantitative estimate of drug-likeness (QED) is 0.218. The maximum absolute atomic E-state index is 13.9. The van der Waals surface area contributed by atoms with E-state index in [0.29, 0.717) is 25.2 Å². The van der Waals surface area contributed by atoms with E-state index >= 15 is 0 Å². The van der Waals surface area contributed by atoms with E-state index in [1.807, 2.05) is 44.2 Å². The van der Waals surface area contributed by atoms with Gasteiger partial charge in [-0.3, -0.25) is 14.4 Å². The van der Waals surface area contributed by atoms with Crippen LogP contribution in [0.3, 0.4) is 0 Å². The van der Waals surface area contributed by atoms with Gasteiger partial charge in [0, 0.05) is 42.9 Å². The summed E-state index contributed by atoms with van der Waals surface area (Å²) in [5, 5.41) is 17.2. The Bertz CT molecular complexity index is 1360. The Labute approximate surface area is 247 Å². The van der Waals surface area contributed by atoms with Crippen LogP contribution in [0.1, 0.15) is 74.5 Å². The van der Waals surface area contributed by atoms with Gasteiger partial charge in [-0.15, -0.1) is 0 Å². The van der Waals surface area contributed by atoms with Gasteiger partial charge in [-0.25, -0.2) is 4.39 Å². The number of aliphatic hydroxyl groups excluding tert-OH is 1. The van der Waals surface area contributed by atoms with Gasteiger partial charge in [-0.1, -0.05) is 56.3 Å². The second-order valence-electron chi connectivity index (χ2n) is 10.5. The highest BCUT2D eigenvalue weighted by Gasteiger charge is 2.25. The molecule has 224 valence electrons. The molecule has 42 heavy (non-hydrogen) atoms. The van der Waals surface area contributed by atoms with Crippen LogP contribution in [0.4, 0.5) is 4.39 Å². The lowest BCUT2D eigenvalue weighted by Crippen LogP contribution is -2.48. The molecule has 0 heterocycles. The van der Waals surface area contributed by atoms with E-state index in [0.717, 1.165) is 24.0 Å². The molecule has 0 aliphatic heterocycles. The molecule has 8 nitrogen and oxygen atoms in total. The molecule has 3 aromatic rings. The van der Waals surface area contributed by atoms with Crippen molar-refractivity contribution in [2.24, 2.45) is 5.73 Å². The molecule has 5 N–H and O–H groups in total. The normalized spacial score (nSPS) is 12.4. The Balaban J connectivity index is 1.87. The van der Waals surface area contributed by atoms with Gasteiger partial charge < -0.3 is 26.4 Å². The highest BCUT2D eigenvalue weighted by molar-refractivity contribution is 6.04. The predicted molar refractivity (Wildman–Crippen MR) is 162 cm³/mol. The monoisotopic (exact) mass is 576 g/mol. The van der Waals surface area contributed by atoms with Crippen molar-refractivity contribution in [3.63, 3.8) is 0 Å². The van der Waals surface area contributed by atoms with Gasteiger partial charge >= 0.3 is 0 Å². The van der Waals surface area contributed by atoms with Crippen LogP contribution in [0, 0.1) is 12.7 Å². The Morgan fingerprint density at radius 2 is 1.55 bits per heavy atom. The van der Waals surface area contributed by atoms with Crippen molar-refractivity contribution in [2.75, 3.05) is 19.6 Å². The summed E-state index contributed by atoms with van der Waals surface area (Å²) in [6.45, 7) is 7.36. The zero-order valence-electron chi connectivity index (χ0n) is 24.5. The molecular weight excluding hydrogens is 535 g/mol. The third-order valence-electron chi connectivity index (χ3n) is 6.99. The lowest BCUT2D eigenvalue weighted by atomic mass is 9.98. The minimum Gasteiger partial charge on any atom is -0.390 e. The molecule has 0 fully saturated rings. The maximum Gasteiger partial charge on any atom is 0.253 e. The third kappa shape index (κ3) is 9.22. The number of nitrogens with one attached hydrogen (secondary N) is 2. The number of primary amides is 1. The number of nitrogens with zero attached hydrogens (tertiary/aromatic N) is 1. The Morgan fingerprint density at radius 1 is 0.905 bits per heavy atom. The number of aliphatic hydroxyl groups is 1. The molecule has 9 heteroatoms. The van der Waals surface area contributed by atoms with Crippen LogP contribution in [0.5, 0.6) is 0 Å². The molecule has 0 saturated heterocycles. The number of carbonyl (C=O) groups is 3. The van der Waals surface area contributed by atoms with E-state index in [9.17, 15) is 23.9 Å². The molecule has 2 atom stereocenters. The number of aryl methyl sites for hydroxylation is 1. The lowest BCUT2D eigenvalue weighted by Gasteiger charge is -2.26. The van der Waals surface area contributed by atoms with Crippen LogP contribution in [0.25, 0.3) is 0 Å². The zero-order valence-corrected chi connectivity index (χ0v) is 24.5. The van der Waals surface area contributed by atoms with Crippen LogP contribution in [0.2, 0.25) is 0 Å². The second-order valence-corrected chi connectivity index (χ2v) is 10.5. The van der Waals surface area contributed by atoms with Crippen LogP contribution in [0.15, 0.2) is 66.7 Å². The summed E-state index contributed by atoms with van der Waals surface area (Å²) in [5.74, 6) is -1.97. The van der Waals surface area contributed by atoms with E-state index in [1.54, 1.807) is 24.0 Å². The highest BCUT2D eigenvalue weighted by atomic mass is 19.1. The summed E-state index contributed by atoms with van der Waals surface area (Å²) < 4.78 is 13.9. The largest absolute Gasteiger partial charge is 0.390 e. The van der Waals surface area contributed by atoms with Gasteiger partial charge in [-0.05, 0) is 67.1 Å². The van der Waals surface area contributed by atoms with Gasteiger partial charge in [0.05, 0.1) is 12.1 Å². The summed E-state index contributed by atoms with van der Waals surface area (Å²) in [6, 6.07) is 17.8. The molecule has 3 rings (SSSR count). The maximum atomic E-state index is 13.9. The number of hydrogen-bond acceptors (Lipinski definition) is 5. The van der Waals surface area contributed by atoms with Crippen LogP contribution >= 0.6 is 0 Å². The van der Waals surface area contributed by atoms with Crippen molar-refractivity contribution in [1.29, 1.82) is 0 Å². The fourth-order valence-electron chi connectivity index (χ4n) is 4.79. The lowest BCUT2D eigenvalue weighted by molar-refractivity contribution is 0.0755. The number of rotatable bonds is 15. The van der Waals surface area contributed by atoms with Crippen molar-refractivity contribution < 1.29 is 23.9 Å². The van der Waals surface area contributed by atoms with Crippen LogP contribution in [-0.2, 0) is 13.0 Å². The summed E-state index contributed by atoms with van der Waals surface area (Å²) in [5.41, 5.74) is 8.08. The molecule has 0 aliphatic carbocycles. The van der Waals surface area contributed by atoms with Gasteiger partial charge in [-0.2, -0.15) is 0 Å². The SMILES string of the molecule is CCCN(CCC)C(=O)c1cc(C(N)=O)cc(C(=O)N[C@@H](Cc2ccc(F)c(C)c2)[C@H](O)CNCc2ccccc2)c1. The minimum absolute atomic E-state index is 0.0368. The Morgan fingerprint density at radius 3 is 2.17 bits per heavy atom. The Hall–Kier alpha value is -4.08. The van der Waals surface area contributed by atoms with E-state index in [2.05, 4.69) is 10.6 Å². The smallest absolute Gasteiger partial charge is 0.253 e. The third-order valence-corrected chi connectivity index (χ3v) is 6.99. The number of hydrogen-bond donors (Lipinski definition) is 4. The van der Waals surface area contributed by atoms with Gasteiger partial charge in [0.1, 0.15) is 5.82 Å². The average Bonchev–Trinajstić information content (AvgIpc) is 2.98. The van der Waals surface area contributed by atoms with E-state index in [-0.39, 0.29) is 41.4 Å². The minimum atomic E-state index is -1.01. The predicted octanol–water partition coefficient (Wildman–Crippen LogP) is 3.99. The molecule has 0 aromatic heterocycles. The number of benzene rings is 3. The molecule has 3 amide bonds. The Kier molecular flexibility index (Phi) is 12.2.